The molecule has 8 nitrogen and oxygen atoms in total. The molecule has 0 aromatic heterocycles. The second kappa shape index (κ2) is 17.1. The highest BCUT2D eigenvalue weighted by Gasteiger charge is 2.32. The maximum absolute atomic E-state index is 12.6. The molecule has 2 amide bonds. The Morgan fingerprint density at radius 3 is 2.22 bits per heavy atom. The van der Waals surface area contributed by atoms with Gasteiger partial charge in [0.2, 0.25) is 0 Å². The quantitative estimate of drug-likeness (QED) is 0.0931. The predicted molar refractivity (Wildman–Crippen MR) is 194 cm³/mol. The summed E-state index contributed by atoms with van der Waals surface area (Å²) in [5, 5.41) is 24.5. The van der Waals surface area contributed by atoms with Gasteiger partial charge in [-0.25, -0.2) is 4.79 Å². The minimum absolute atomic E-state index is 0.000668. The van der Waals surface area contributed by atoms with Gasteiger partial charge < -0.3 is 35.1 Å². The molecule has 6 rings (SSSR count). The van der Waals surface area contributed by atoms with Crippen molar-refractivity contribution in [1.29, 1.82) is 0 Å². The number of aliphatic hydroxyl groups excluding tert-OH is 2. The van der Waals surface area contributed by atoms with Gasteiger partial charge in [0.15, 0.2) is 6.29 Å². The Labute approximate surface area is 291 Å². The number of hydrogen-bond donors (Lipinski definition) is 4. The van der Waals surface area contributed by atoms with Crippen molar-refractivity contribution in [3.05, 3.63) is 150 Å². The first-order valence-electron chi connectivity index (χ1n) is 16.3. The van der Waals surface area contributed by atoms with Crippen molar-refractivity contribution in [1.82, 2.24) is 5.32 Å². The molecule has 0 radical (unpaired) electrons. The third-order valence-electron chi connectivity index (χ3n) is 8.14. The molecular weight excluding hydrogens is 637 g/mol. The lowest BCUT2D eigenvalue weighted by Gasteiger charge is -2.36. The van der Waals surface area contributed by atoms with Crippen LogP contribution in [0.2, 0.25) is 0 Å². The van der Waals surface area contributed by atoms with E-state index in [0.717, 1.165) is 44.9 Å². The fourth-order valence-corrected chi connectivity index (χ4v) is 6.36. The summed E-state index contributed by atoms with van der Waals surface area (Å²) in [6.07, 6.45) is -0.0146. The van der Waals surface area contributed by atoms with Gasteiger partial charge in [0.1, 0.15) is 11.5 Å². The SMILES string of the molecule is O=C(NCc1cccc(-c2ccc([C@H]3O[C@@H](CSCCO)C[C@@H](c4ccc(CO)cc4)O3)cc2)c1)Nc1ccc(Oc2ccccc2)cc1. The Morgan fingerprint density at radius 1 is 0.755 bits per heavy atom. The molecule has 0 unspecified atom stereocenters. The molecule has 0 aliphatic carbocycles. The van der Waals surface area contributed by atoms with Gasteiger partial charge >= 0.3 is 6.03 Å². The first-order chi connectivity index (χ1) is 24.1. The van der Waals surface area contributed by atoms with E-state index in [1.165, 1.54) is 0 Å². The van der Waals surface area contributed by atoms with Crippen molar-refractivity contribution in [2.75, 3.05) is 23.4 Å². The number of carbonyl (C=O) groups is 1. The van der Waals surface area contributed by atoms with E-state index in [9.17, 15) is 15.0 Å². The number of urea groups is 1. The zero-order valence-corrected chi connectivity index (χ0v) is 27.9. The summed E-state index contributed by atoms with van der Waals surface area (Å²) in [4.78, 5) is 12.6. The van der Waals surface area contributed by atoms with Crippen molar-refractivity contribution in [2.45, 2.75) is 38.1 Å². The Hall–Kier alpha value is -4.64. The van der Waals surface area contributed by atoms with Crippen LogP contribution < -0.4 is 15.4 Å². The van der Waals surface area contributed by atoms with E-state index < -0.39 is 6.29 Å². The Balaban J connectivity index is 1.05. The van der Waals surface area contributed by atoms with Gasteiger partial charge in [0, 0.05) is 35.7 Å². The molecule has 1 fully saturated rings. The normalized spacial score (nSPS) is 17.3. The molecule has 252 valence electrons. The third-order valence-corrected chi connectivity index (χ3v) is 9.22. The van der Waals surface area contributed by atoms with Crippen molar-refractivity contribution < 1.29 is 29.2 Å². The number of anilines is 1. The molecule has 0 saturated carbocycles. The van der Waals surface area contributed by atoms with Crippen LogP contribution in [0.15, 0.2) is 127 Å². The fourth-order valence-electron chi connectivity index (χ4n) is 5.58. The fraction of sp³-hybridized carbons (Fsp3) is 0.225. The number of aliphatic hydroxyl groups is 2. The van der Waals surface area contributed by atoms with Crippen LogP contribution in [0.1, 0.15) is 41.1 Å². The highest BCUT2D eigenvalue weighted by molar-refractivity contribution is 7.99. The largest absolute Gasteiger partial charge is 0.457 e. The van der Waals surface area contributed by atoms with Crippen LogP contribution >= 0.6 is 11.8 Å². The van der Waals surface area contributed by atoms with Gasteiger partial charge in [-0.05, 0) is 70.3 Å². The Bertz CT molecular complexity index is 1770. The number of rotatable bonds is 13. The highest BCUT2D eigenvalue weighted by Crippen LogP contribution is 2.39. The molecule has 49 heavy (non-hydrogen) atoms. The minimum Gasteiger partial charge on any atom is -0.457 e. The number of ether oxygens (including phenoxy) is 3. The maximum atomic E-state index is 12.6. The topological polar surface area (TPSA) is 109 Å². The van der Waals surface area contributed by atoms with Crippen LogP contribution in [0, 0.1) is 0 Å². The average Bonchev–Trinajstić information content (AvgIpc) is 3.15. The zero-order valence-electron chi connectivity index (χ0n) is 27.0. The number of carbonyl (C=O) groups excluding carboxylic acids is 1. The van der Waals surface area contributed by atoms with Gasteiger partial charge in [-0.1, -0.05) is 84.9 Å². The van der Waals surface area contributed by atoms with E-state index >= 15 is 0 Å². The molecular formula is C40H40N2O6S. The van der Waals surface area contributed by atoms with Crippen molar-refractivity contribution in [3.63, 3.8) is 0 Å². The minimum atomic E-state index is -0.535. The molecule has 1 heterocycles. The maximum Gasteiger partial charge on any atom is 0.319 e. The van der Waals surface area contributed by atoms with E-state index in [2.05, 4.69) is 28.8 Å². The van der Waals surface area contributed by atoms with Crippen LogP contribution in [0.25, 0.3) is 11.1 Å². The first-order valence-corrected chi connectivity index (χ1v) is 17.5. The number of nitrogens with one attached hydrogen (secondary N) is 2. The third kappa shape index (κ3) is 9.72. The van der Waals surface area contributed by atoms with Crippen LogP contribution in [0.3, 0.4) is 0 Å². The number of thioether (sulfide) groups is 1. The lowest BCUT2D eigenvalue weighted by molar-refractivity contribution is -0.245. The lowest BCUT2D eigenvalue weighted by atomic mass is 9.99. The van der Waals surface area contributed by atoms with Gasteiger partial charge in [-0.2, -0.15) is 11.8 Å². The number of hydrogen-bond acceptors (Lipinski definition) is 7. The summed E-state index contributed by atoms with van der Waals surface area (Å²) >= 11 is 1.67. The molecule has 5 aromatic carbocycles. The van der Waals surface area contributed by atoms with Crippen LogP contribution in [0.4, 0.5) is 10.5 Å². The molecule has 5 aromatic rings. The Morgan fingerprint density at radius 2 is 1.49 bits per heavy atom. The van der Waals surface area contributed by atoms with Gasteiger partial charge in [0.25, 0.3) is 0 Å². The second-order valence-corrected chi connectivity index (χ2v) is 12.9. The van der Waals surface area contributed by atoms with Gasteiger partial charge in [0.05, 0.1) is 25.4 Å². The summed E-state index contributed by atoms with van der Waals surface area (Å²) in [7, 11) is 0. The van der Waals surface area contributed by atoms with Gasteiger partial charge in [-0.15, -0.1) is 0 Å². The van der Waals surface area contributed by atoms with Crippen LogP contribution in [-0.4, -0.2) is 40.5 Å². The summed E-state index contributed by atoms with van der Waals surface area (Å²) in [6, 6.07) is 40.6. The first kappa shape index (κ1) is 34.2. The Kier molecular flexibility index (Phi) is 12.0. The second-order valence-electron chi connectivity index (χ2n) is 11.7. The predicted octanol–water partition coefficient (Wildman–Crippen LogP) is 8.23. The molecule has 9 heteroatoms. The van der Waals surface area contributed by atoms with Gasteiger partial charge in [-0.3, -0.25) is 0 Å². The summed E-state index contributed by atoms with van der Waals surface area (Å²) in [5.74, 6) is 2.86. The molecule has 4 N–H and O–H groups in total. The molecule has 1 aliphatic rings. The van der Waals surface area contributed by atoms with E-state index in [1.54, 1.807) is 23.9 Å². The van der Waals surface area contributed by atoms with Crippen molar-refractivity contribution in [2.24, 2.45) is 0 Å². The van der Waals surface area contributed by atoms with Crippen LogP contribution in [0.5, 0.6) is 11.5 Å². The summed E-state index contributed by atoms with van der Waals surface area (Å²) in [6.45, 7) is 0.503. The van der Waals surface area contributed by atoms with Crippen molar-refractivity contribution >= 4 is 23.5 Å². The van der Waals surface area contributed by atoms with Crippen molar-refractivity contribution in [3.8, 4) is 22.6 Å². The summed E-state index contributed by atoms with van der Waals surface area (Å²) in [5.41, 5.74) is 6.54. The van der Waals surface area contributed by atoms with Crippen LogP contribution in [-0.2, 0) is 22.6 Å². The summed E-state index contributed by atoms with van der Waals surface area (Å²) < 4.78 is 18.7. The van der Waals surface area contributed by atoms with E-state index in [0.29, 0.717) is 30.2 Å². The monoisotopic (exact) mass is 676 g/mol. The average molecular weight is 677 g/mol. The molecule has 0 bridgehead atoms. The molecule has 0 spiro atoms. The standard InChI is InChI=1S/C40H40N2O6S/c43-21-22-49-27-37-24-38(31-11-9-28(26-44)10-12-31)48-39(47-37)32-15-13-30(14-16-32)33-6-4-5-29(23-33)25-41-40(45)42-34-17-19-36(20-18-34)46-35-7-2-1-3-8-35/h1-20,23,37-39,43-44H,21-22,24-27H2,(H2,41,42,45)/t37-,38+,39+/m1/s1. The lowest BCUT2D eigenvalue weighted by Crippen LogP contribution is -2.31. The number of para-hydroxylation sites is 1. The van der Waals surface area contributed by atoms with E-state index in [4.69, 9.17) is 14.2 Å². The molecule has 3 atom stereocenters. The number of amides is 2. The zero-order chi connectivity index (χ0) is 33.8. The number of benzene rings is 5. The molecule has 1 aliphatic heterocycles. The molecule has 1 saturated heterocycles. The van der Waals surface area contributed by atoms with E-state index in [-0.39, 0.29) is 31.5 Å². The van der Waals surface area contributed by atoms with E-state index in [1.807, 2.05) is 97.1 Å². The smallest absolute Gasteiger partial charge is 0.319 e. The highest BCUT2D eigenvalue weighted by atomic mass is 32.2.